The number of nitrogens with one attached hydrogen (secondary N) is 1. The first-order valence-corrected chi connectivity index (χ1v) is 15.0. The van der Waals surface area contributed by atoms with Crippen LogP contribution >= 0.6 is 0 Å². The largest absolute Gasteiger partial charge is 0.356 e. The number of fused-ring (bicyclic) bond motifs is 4. The Morgan fingerprint density at radius 2 is 1.59 bits per heavy atom. The van der Waals surface area contributed by atoms with Gasteiger partial charge in [-0.05, 0) is 47.1 Å². The average molecular weight is 547 g/mol. The van der Waals surface area contributed by atoms with Gasteiger partial charge in [0, 0.05) is 48.7 Å². The highest BCUT2D eigenvalue weighted by Crippen LogP contribution is 2.43. The van der Waals surface area contributed by atoms with Gasteiger partial charge in [0.05, 0.1) is 6.04 Å². The first kappa shape index (κ1) is 26.0. The fraction of sp³-hybridized carbons (Fsp3) is 0.371. The molecule has 0 bridgehead atoms. The smallest absolute Gasteiger partial charge is 0.246 e. The average Bonchev–Trinajstić information content (AvgIpc) is 3.37. The molecule has 0 spiro atoms. The number of rotatable bonds is 5. The van der Waals surface area contributed by atoms with E-state index in [1.807, 2.05) is 21.9 Å². The fourth-order valence-electron chi connectivity index (χ4n) is 7.24. The van der Waals surface area contributed by atoms with Gasteiger partial charge in [0.1, 0.15) is 12.6 Å². The number of benzene rings is 3. The minimum absolute atomic E-state index is 0.0450. The van der Waals surface area contributed by atoms with Gasteiger partial charge in [-0.2, -0.15) is 0 Å². The number of hydrogen-bond donors (Lipinski definition) is 1. The van der Waals surface area contributed by atoms with Crippen molar-refractivity contribution in [2.24, 2.45) is 0 Å². The molecule has 1 N–H and O–H groups in total. The molecule has 2 saturated heterocycles. The molecule has 4 heterocycles. The maximum absolute atomic E-state index is 14.3. The maximum Gasteiger partial charge on any atom is 0.246 e. The highest BCUT2D eigenvalue weighted by atomic mass is 16.2. The van der Waals surface area contributed by atoms with Gasteiger partial charge < -0.3 is 14.8 Å². The van der Waals surface area contributed by atoms with E-state index in [1.54, 1.807) is 0 Å². The molecule has 1 aromatic heterocycles. The number of likely N-dealkylation sites (tertiary alicyclic amines) is 1. The van der Waals surface area contributed by atoms with Gasteiger partial charge in [-0.3, -0.25) is 14.5 Å². The quantitative estimate of drug-likeness (QED) is 0.352. The number of piperazine rings is 1. The van der Waals surface area contributed by atoms with Crippen LogP contribution in [0, 0.1) is 0 Å². The van der Waals surface area contributed by atoms with Crippen molar-refractivity contribution in [3.63, 3.8) is 0 Å². The number of nitrogens with zero attached hydrogens (tertiary/aromatic N) is 3. The molecule has 3 aromatic carbocycles. The van der Waals surface area contributed by atoms with Gasteiger partial charge in [-0.15, -0.1) is 0 Å². The van der Waals surface area contributed by atoms with E-state index in [4.69, 9.17) is 0 Å². The molecule has 6 nitrogen and oxygen atoms in total. The highest BCUT2D eigenvalue weighted by molar-refractivity contribution is 5.97. The summed E-state index contributed by atoms with van der Waals surface area (Å²) < 4.78 is 0. The third kappa shape index (κ3) is 4.64. The van der Waals surface area contributed by atoms with Crippen molar-refractivity contribution in [3.05, 3.63) is 107 Å². The van der Waals surface area contributed by atoms with Crippen LogP contribution in [0.2, 0.25) is 0 Å². The van der Waals surface area contributed by atoms with Crippen molar-refractivity contribution in [1.29, 1.82) is 0 Å². The highest BCUT2D eigenvalue weighted by Gasteiger charge is 2.49. The Hall–Kier alpha value is -3.90. The lowest BCUT2D eigenvalue weighted by atomic mass is 9.85. The Balaban J connectivity index is 1.18. The van der Waals surface area contributed by atoms with Crippen LogP contribution in [0.1, 0.15) is 66.6 Å². The van der Waals surface area contributed by atoms with Crippen molar-refractivity contribution >= 4 is 22.7 Å². The Morgan fingerprint density at radius 3 is 2.32 bits per heavy atom. The Kier molecular flexibility index (Phi) is 6.66. The lowest BCUT2D eigenvalue weighted by Gasteiger charge is -2.49. The number of piperidine rings is 1. The lowest BCUT2D eigenvalue weighted by molar-refractivity contribution is -0.161. The number of amides is 2. The number of H-pyrrole nitrogens is 1. The predicted octanol–water partition coefficient (Wildman–Crippen LogP) is 5.64. The summed E-state index contributed by atoms with van der Waals surface area (Å²) in [6.07, 6.45) is 2.35. The van der Waals surface area contributed by atoms with Crippen LogP contribution in [0.25, 0.3) is 10.9 Å². The summed E-state index contributed by atoms with van der Waals surface area (Å²) >= 11 is 0. The van der Waals surface area contributed by atoms with E-state index in [0.717, 1.165) is 54.6 Å². The van der Waals surface area contributed by atoms with E-state index < -0.39 is 6.04 Å². The SMILES string of the molecule is CC(C)c1ccc([C@H]2c3[nH]c4ccccc4c3C[C@H]3C(=O)N(C4CCN(Cc5ccccc5)CC4)CC(=O)N23)cc1. The molecule has 6 heteroatoms. The number of hydrogen-bond acceptors (Lipinski definition) is 3. The summed E-state index contributed by atoms with van der Waals surface area (Å²) in [6.45, 7) is 7.34. The van der Waals surface area contributed by atoms with Crippen LogP contribution in [-0.4, -0.2) is 63.2 Å². The van der Waals surface area contributed by atoms with Crippen LogP contribution in [0.15, 0.2) is 78.9 Å². The Bertz CT molecular complexity index is 1570. The zero-order valence-corrected chi connectivity index (χ0v) is 23.9. The summed E-state index contributed by atoms with van der Waals surface area (Å²) in [5.74, 6) is 0.576. The second kappa shape index (κ2) is 10.5. The van der Waals surface area contributed by atoms with Crippen molar-refractivity contribution in [1.82, 2.24) is 19.7 Å². The van der Waals surface area contributed by atoms with Crippen molar-refractivity contribution in [3.8, 4) is 0 Å². The maximum atomic E-state index is 14.3. The number of aromatic amines is 1. The van der Waals surface area contributed by atoms with E-state index in [9.17, 15) is 9.59 Å². The van der Waals surface area contributed by atoms with Gasteiger partial charge >= 0.3 is 0 Å². The minimum Gasteiger partial charge on any atom is -0.356 e. The van der Waals surface area contributed by atoms with Gasteiger partial charge in [-0.1, -0.05) is 86.6 Å². The second-order valence-electron chi connectivity index (χ2n) is 12.3. The Labute approximate surface area is 241 Å². The fourth-order valence-corrected chi connectivity index (χ4v) is 7.24. The predicted molar refractivity (Wildman–Crippen MR) is 161 cm³/mol. The standard InChI is InChI=1S/C35H38N4O2/c1-23(2)25-12-14-26(15-13-25)34-33-29(28-10-6-7-11-30(28)36-33)20-31-35(41)38(22-32(40)39(31)34)27-16-18-37(19-17-27)21-24-8-4-3-5-9-24/h3-15,23,27,31,34,36H,16-22H2,1-2H3/t31-,34-/m0/s1. The van der Waals surface area contributed by atoms with Gasteiger partial charge in [-0.25, -0.2) is 0 Å². The summed E-state index contributed by atoms with van der Waals surface area (Å²) in [5.41, 5.74) is 6.90. The minimum atomic E-state index is -0.486. The molecule has 0 saturated carbocycles. The molecule has 4 aromatic rings. The molecule has 41 heavy (non-hydrogen) atoms. The molecular formula is C35H38N4O2. The van der Waals surface area contributed by atoms with Crippen molar-refractivity contribution in [2.75, 3.05) is 19.6 Å². The van der Waals surface area contributed by atoms with Crippen LogP contribution in [0.4, 0.5) is 0 Å². The Morgan fingerprint density at radius 1 is 0.878 bits per heavy atom. The van der Waals surface area contributed by atoms with Crippen molar-refractivity contribution < 1.29 is 9.59 Å². The first-order valence-electron chi connectivity index (χ1n) is 15.0. The number of carbonyl (C=O) groups is 2. The van der Waals surface area contributed by atoms with Gasteiger partial charge in [0.25, 0.3) is 0 Å². The van der Waals surface area contributed by atoms with E-state index in [0.29, 0.717) is 12.3 Å². The number of para-hydroxylation sites is 1. The molecule has 3 aliphatic rings. The molecule has 210 valence electrons. The summed E-state index contributed by atoms with van der Waals surface area (Å²) in [4.78, 5) is 38.2. The van der Waals surface area contributed by atoms with Crippen LogP contribution < -0.4 is 0 Å². The van der Waals surface area contributed by atoms with E-state index in [-0.39, 0.29) is 30.4 Å². The molecule has 0 radical (unpaired) electrons. The first-order chi connectivity index (χ1) is 20.0. The normalized spacial score (nSPS) is 21.9. The lowest BCUT2D eigenvalue weighted by Crippen LogP contribution is -2.65. The van der Waals surface area contributed by atoms with Gasteiger partial charge in [0.2, 0.25) is 11.8 Å². The topological polar surface area (TPSA) is 59.7 Å². The third-order valence-electron chi connectivity index (χ3n) is 9.46. The van der Waals surface area contributed by atoms with E-state index >= 15 is 0 Å². The zero-order chi connectivity index (χ0) is 28.1. The zero-order valence-electron chi connectivity index (χ0n) is 23.9. The summed E-state index contributed by atoms with van der Waals surface area (Å²) in [5, 5.41) is 1.15. The van der Waals surface area contributed by atoms with Crippen LogP contribution in [0.5, 0.6) is 0 Å². The third-order valence-corrected chi connectivity index (χ3v) is 9.46. The monoisotopic (exact) mass is 546 g/mol. The summed E-state index contributed by atoms with van der Waals surface area (Å²) in [7, 11) is 0. The van der Waals surface area contributed by atoms with E-state index in [1.165, 1.54) is 16.7 Å². The van der Waals surface area contributed by atoms with Crippen LogP contribution in [-0.2, 0) is 22.6 Å². The van der Waals surface area contributed by atoms with Gasteiger partial charge in [0.15, 0.2) is 0 Å². The number of aromatic nitrogens is 1. The molecular weight excluding hydrogens is 508 g/mol. The molecule has 7 rings (SSSR count). The van der Waals surface area contributed by atoms with Crippen LogP contribution in [0.3, 0.4) is 0 Å². The van der Waals surface area contributed by atoms with Crippen molar-refractivity contribution in [2.45, 2.75) is 63.7 Å². The number of carbonyl (C=O) groups excluding carboxylic acids is 2. The molecule has 3 aliphatic heterocycles. The molecule has 0 unspecified atom stereocenters. The molecule has 2 atom stereocenters. The molecule has 2 amide bonds. The van der Waals surface area contributed by atoms with E-state index in [2.05, 4.69) is 90.5 Å². The summed E-state index contributed by atoms with van der Waals surface area (Å²) in [6, 6.07) is 26.8. The second-order valence-corrected chi connectivity index (χ2v) is 12.3. The molecule has 0 aliphatic carbocycles. The molecule has 2 fully saturated rings.